The van der Waals surface area contributed by atoms with E-state index < -0.39 is 0 Å². The van der Waals surface area contributed by atoms with E-state index in [9.17, 15) is 4.79 Å². The van der Waals surface area contributed by atoms with Crippen LogP contribution >= 0.6 is 0 Å². The van der Waals surface area contributed by atoms with Crippen LogP contribution in [0.5, 0.6) is 0 Å². The number of carbonyl (C=O) groups is 1. The summed E-state index contributed by atoms with van der Waals surface area (Å²) in [6.07, 6.45) is 10.4. The number of rotatable bonds is 6. The number of hydrogen-bond donors (Lipinski definition) is 0. The van der Waals surface area contributed by atoms with Crippen LogP contribution in [-0.4, -0.2) is 24.3 Å². The van der Waals surface area contributed by atoms with Gasteiger partial charge in [-0.1, -0.05) is 25.5 Å². The minimum atomic E-state index is -0.187. The molecular formula is C22H34O3. The average Bonchev–Trinajstić information content (AvgIpc) is 3.29. The first-order valence-corrected chi connectivity index (χ1v) is 10.4. The molecule has 4 aliphatic carbocycles. The molecule has 0 N–H and O–H groups in total. The maximum atomic E-state index is 12.9. The van der Waals surface area contributed by atoms with Gasteiger partial charge in [-0.25, -0.2) is 0 Å². The standard InChI is InChI=1S/C22H34O3/c1-5-6-16(12-24-22(2,3)4)25-21(23)18-11-15-10-17(18)20-14-8-7-13(9-14)19(15)20/h7-8,13-20H,5-6,9-12H2,1-4H3. The van der Waals surface area contributed by atoms with Crippen LogP contribution in [0.3, 0.4) is 0 Å². The molecule has 0 aromatic rings. The van der Waals surface area contributed by atoms with Crippen LogP contribution in [0, 0.1) is 41.4 Å². The summed E-state index contributed by atoms with van der Waals surface area (Å²) in [5.41, 5.74) is -0.187. The van der Waals surface area contributed by atoms with E-state index in [1.54, 1.807) is 0 Å². The van der Waals surface area contributed by atoms with Crippen molar-refractivity contribution in [3.8, 4) is 0 Å². The zero-order valence-corrected chi connectivity index (χ0v) is 16.2. The second-order valence-corrected chi connectivity index (χ2v) is 9.88. The predicted octanol–water partition coefficient (Wildman–Crippen LogP) is 4.61. The molecule has 4 rings (SSSR count). The van der Waals surface area contributed by atoms with E-state index in [-0.39, 0.29) is 23.6 Å². The Balaban J connectivity index is 1.37. The van der Waals surface area contributed by atoms with E-state index in [1.165, 1.54) is 12.8 Å². The predicted molar refractivity (Wildman–Crippen MR) is 97.9 cm³/mol. The summed E-state index contributed by atoms with van der Waals surface area (Å²) >= 11 is 0. The summed E-state index contributed by atoms with van der Waals surface area (Å²) in [7, 11) is 0. The number of esters is 1. The number of ether oxygens (including phenoxy) is 2. The van der Waals surface area contributed by atoms with Gasteiger partial charge in [-0.3, -0.25) is 4.79 Å². The summed E-state index contributed by atoms with van der Waals surface area (Å²) in [6, 6.07) is 0. The third-order valence-electron chi connectivity index (χ3n) is 7.17. The van der Waals surface area contributed by atoms with Gasteiger partial charge in [0.1, 0.15) is 6.10 Å². The molecule has 0 spiro atoms. The Morgan fingerprint density at radius 3 is 2.52 bits per heavy atom. The van der Waals surface area contributed by atoms with Crippen molar-refractivity contribution in [2.75, 3.05) is 6.61 Å². The van der Waals surface area contributed by atoms with Gasteiger partial charge >= 0.3 is 5.97 Å². The molecule has 0 heterocycles. The Hall–Kier alpha value is -0.830. The van der Waals surface area contributed by atoms with Crippen LogP contribution < -0.4 is 0 Å². The quantitative estimate of drug-likeness (QED) is 0.400. The molecule has 4 aliphatic rings. The fraction of sp³-hybridized carbons (Fsp3) is 0.864. The lowest BCUT2D eigenvalue weighted by Crippen LogP contribution is -2.37. The van der Waals surface area contributed by atoms with Crippen LogP contribution in [0.15, 0.2) is 12.2 Å². The summed E-state index contributed by atoms with van der Waals surface area (Å²) in [5.74, 6) is 4.76. The molecular weight excluding hydrogens is 312 g/mol. The minimum absolute atomic E-state index is 0.0636. The second kappa shape index (κ2) is 6.40. The normalized spacial score (nSPS) is 42.0. The number of carbonyl (C=O) groups excluding carboxylic acids is 1. The fourth-order valence-corrected chi connectivity index (χ4v) is 6.38. The number of fused-ring (bicyclic) bond motifs is 9. The summed E-state index contributed by atoms with van der Waals surface area (Å²) in [4.78, 5) is 12.9. The monoisotopic (exact) mass is 346 g/mol. The smallest absolute Gasteiger partial charge is 0.309 e. The number of hydrogen-bond acceptors (Lipinski definition) is 3. The molecule has 140 valence electrons. The first-order valence-electron chi connectivity index (χ1n) is 10.4. The topological polar surface area (TPSA) is 35.5 Å². The van der Waals surface area contributed by atoms with Crippen molar-refractivity contribution < 1.29 is 14.3 Å². The van der Waals surface area contributed by atoms with E-state index in [4.69, 9.17) is 9.47 Å². The molecule has 4 bridgehead atoms. The summed E-state index contributed by atoms with van der Waals surface area (Å²) in [6.45, 7) is 8.81. The molecule has 8 atom stereocenters. The Labute approximate surface area is 152 Å². The molecule has 0 saturated heterocycles. The number of allylic oxidation sites excluding steroid dienone is 2. The molecule has 0 radical (unpaired) electrons. The van der Waals surface area contributed by atoms with Crippen LogP contribution in [-0.2, 0) is 14.3 Å². The van der Waals surface area contributed by atoms with Crippen LogP contribution in [0.2, 0.25) is 0 Å². The van der Waals surface area contributed by atoms with E-state index in [1.807, 2.05) is 0 Å². The lowest BCUT2D eigenvalue weighted by molar-refractivity contribution is -0.164. The van der Waals surface area contributed by atoms with Crippen LogP contribution in [0.4, 0.5) is 0 Å². The molecule has 3 heteroatoms. The highest BCUT2D eigenvalue weighted by atomic mass is 16.6. The summed E-state index contributed by atoms with van der Waals surface area (Å²) in [5, 5.41) is 0. The second-order valence-electron chi connectivity index (χ2n) is 9.88. The van der Waals surface area contributed by atoms with Gasteiger partial charge in [-0.2, -0.15) is 0 Å². The maximum absolute atomic E-state index is 12.9. The zero-order chi connectivity index (χ0) is 17.8. The third kappa shape index (κ3) is 3.18. The fourth-order valence-electron chi connectivity index (χ4n) is 6.38. The van der Waals surface area contributed by atoms with Crippen molar-refractivity contribution in [3.63, 3.8) is 0 Å². The van der Waals surface area contributed by atoms with Crippen molar-refractivity contribution in [1.29, 1.82) is 0 Å². The highest BCUT2D eigenvalue weighted by Crippen LogP contribution is 2.67. The SMILES string of the molecule is CCCC(COC(C)(C)C)OC(=O)C1CC2CC1C1C3C=CC(C3)C21. The lowest BCUT2D eigenvalue weighted by Gasteiger charge is -2.36. The minimum Gasteiger partial charge on any atom is -0.460 e. The van der Waals surface area contributed by atoms with E-state index in [0.717, 1.165) is 48.9 Å². The van der Waals surface area contributed by atoms with Gasteiger partial charge in [0.05, 0.1) is 18.1 Å². The van der Waals surface area contributed by atoms with Gasteiger partial charge in [-0.05, 0) is 82.0 Å². The third-order valence-corrected chi connectivity index (χ3v) is 7.17. The molecule has 25 heavy (non-hydrogen) atoms. The Morgan fingerprint density at radius 2 is 1.84 bits per heavy atom. The van der Waals surface area contributed by atoms with Crippen LogP contribution in [0.1, 0.15) is 59.8 Å². The van der Waals surface area contributed by atoms with Gasteiger partial charge < -0.3 is 9.47 Å². The van der Waals surface area contributed by atoms with Crippen LogP contribution in [0.25, 0.3) is 0 Å². The molecule has 3 nitrogen and oxygen atoms in total. The van der Waals surface area contributed by atoms with Gasteiger partial charge in [0.25, 0.3) is 0 Å². The Bertz CT molecular complexity index is 546. The average molecular weight is 347 g/mol. The maximum Gasteiger partial charge on any atom is 0.309 e. The van der Waals surface area contributed by atoms with Crippen molar-refractivity contribution in [1.82, 2.24) is 0 Å². The molecule has 0 aromatic heterocycles. The van der Waals surface area contributed by atoms with Gasteiger partial charge in [-0.15, -0.1) is 0 Å². The lowest BCUT2D eigenvalue weighted by atomic mass is 9.69. The highest BCUT2D eigenvalue weighted by molar-refractivity contribution is 5.74. The van der Waals surface area contributed by atoms with Crippen molar-refractivity contribution >= 4 is 5.97 Å². The molecule has 0 aliphatic heterocycles. The molecule has 3 fully saturated rings. The van der Waals surface area contributed by atoms with E-state index >= 15 is 0 Å². The molecule has 3 saturated carbocycles. The molecule has 0 aromatic carbocycles. The van der Waals surface area contributed by atoms with Gasteiger partial charge in [0, 0.05) is 0 Å². The molecule has 8 unspecified atom stereocenters. The molecule has 0 amide bonds. The Morgan fingerprint density at radius 1 is 1.12 bits per heavy atom. The first-order chi connectivity index (χ1) is 11.9. The Kier molecular flexibility index (Phi) is 4.50. The largest absolute Gasteiger partial charge is 0.460 e. The van der Waals surface area contributed by atoms with Gasteiger partial charge in [0.15, 0.2) is 0 Å². The summed E-state index contributed by atoms with van der Waals surface area (Å²) < 4.78 is 11.9. The van der Waals surface area contributed by atoms with Crippen molar-refractivity contribution in [3.05, 3.63) is 12.2 Å². The zero-order valence-electron chi connectivity index (χ0n) is 16.2. The highest BCUT2D eigenvalue weighted by Gasteiger charge is 2.62. The van der Waals surface area contributed by atoms with E-state index in [0.29, 0.717) is 12.5 Å². The van der Waals surface area contributed by atoms with Gasteiger partial charge in [0.2, 0.25) is 0 Å². The first kappa shape index (κ1) is 17.6. The van der Waals surface area contributed by atoms with E-state index in [2.05, 4.69) is 39.8 Å². The van der Waals surface area contributed by atoms with Crippen molar-refractivity contribution in [2.24, 2.45) is 41.4 Å². The van der Waals surface area contributed by atoms with Crippen molar-refractivity contribution in [2.45, 2.75) is 71.5 Å².